The Bertz CT molecular complexity index is 598. The molecule has 0 amide bonds. The Balaban J connectivity index is 2.07. The molecule has 0 spiro atoms. The average Bonchev–Trinajstić information content (AvgIpc) is 2.42. The minimum Gasteiger partial charge on any atom is -0.491 e. The summed E-state index contributed by atoms with van der Waals surface area (Å²) in [6.07, 6.45) is 0.168. The van der Waals surface area contributed by atoms with Gasteiger partial charge in [0.2, 0.25) is 0 Å². The van der Waals surface area contributed by atoms with Gasteiger partial charge in [0, 0.05) is 16.2 Å². The first kappa shape index (κ1) is 15.8. The average molecular weight is 352 g/mol. The highest BCUT2D eigenvalue weighted by Crippen LogP contribution is 2.28. The van der Waals surface area contributed by atoms with Crippen LogP contribution < -0.4 is 10.1 Å². The molecule has 2 aromatic carbocycles. The van der Waals surface area contributed by atoms with E-state index in [1.165, 1.54) is 12.1 Å². The predicted molar refractivity (Wildman–Crippen MR) is 88.3 cm³/mol. The van der Waals surface area contributed by atoms with Gasteiger partial charge in [0.1, 0.15) is 11.6 Å². The molecule has 2 rings (SSSR count). The smallest absolute Gasteiger partial charge is 0.124 e. The molecule has 2 aromatic rings. The summed E-state index contributed by atoms with van der Waals surface area (Å²) in [7, 11) is 0. The normalized spacial score (nSPS) is 12.3. The van der Waals surface area contributed by atoms with E-state index in [4.69, 9.17) is 4.74 Å². The van der Waals surface area contributed by atoms with Crippen molar-refractivity contribution in [3.8, 4) is 5.75 Å². The van der Waals surface area contributed by atoms with Gasteiger partial charge < -0.3 is 10.1 Å². The second-order valence-electron chi connectivity index (χ2n) is 5.23. The zero-order valence-electron chi connectivity index (χ0n) is 12.4. The molecule has 4 heteroatoms. The first-order valence-electron chi connectivity index (χ1n) is 6.94. The Morgan fingerprint density at radius 2 is 1.71 bits per heavy atom. The first-order chi connectivity index (χ1) is 9.95. The summed E-state index contributed by atoms with van der Waals surface area (Å²) in [5, 5.41) is 3.36. The summed E-state index contributed by atoms with van der Waals surface area (Å²) in [5.74, 6) is 0.610. The quantitative estimate of drug-likeness (QED) is 0.762. The third-order valence-corrected chi connectivity index (χ3v) is 3.71. The van der Waals surface area contributed by atoms with Gasteiger partial charge in [0.25, 0.3) is 0 Å². The SMILES string of the molecule is CC(C)Oc1ccc(C(C)Nc2ccc(F)cc2Br)cc1. The standard InChI is InChI=1S/C17H19BrFNO/c1-11(2)21-15-7-4-13(5-8-15)12(3)20-17-9-6-14(19)10-16(17)18/h4-12,20H,1-3H3. The van der Waals surface area contributed by atoms with E-state index in [1.54, 1.807) is 6.07 Å². The van der Waals surface area contributed by atoms with Crippen molar-refractivity contribution in [2.75, 3.05) is 5.32 Å². The van der Waals surface area contributed by atoms with Gasteiger partial charge in [-0.1, -0.05) is 12.1 Å². The molecular formula is C17H19BrFNO. The summed E-state index contributed by atoms with van der Waals surface area (Å²) >= 11 is 3.36. The largest absolute Gasteiger partial charge is 0.491 e. The van der Waals surface area contributed by atoms with Crippen molar-refractivity contribution in [1.82, 2.24) is 0 Å². The lowest BCUT2D eigenvalue weighted by atomic mass is 10.1. The van der Waals surface area contributed by atoms with E-state index in [0.717, 1.165) is 17.0 Å². The molecular weight excluding hydrogens is 333 g/mol. The fourth-order valence-corrected chi connectivity index (χ4v) is 2.50. The van der Waals surface area contributed by atoms with Gasteiger partial charge in [-0.2, -0.15) is 0 Å². The molecule has 0 bridgehead atoms. The highest BCUT2D eigenvalue weighted by molar-refractivity contribution is 9.10. The van der Waals surface area contributed by atoms with Crippen molar-refractivity contribution in [1.29, 1.82) is 0 Å². The van der Waals surface area contributed by atoms with Crippen LogP contribution in [0.5, 0.6) is 5.75 Å². The van der Waals surface area contributed by atoms with E-state index in [9.17, 15) is 4.39 Å². The predicted octanol–water partition coefficient (Wildman–Crippen LogP) is 5.55. The molecule has 112 valence electrons. The number of rotatable bonds is 5. The first-order valence-corrected chi connectivity index (χ1v) is 7.73. The van der Waals surface area contributed by atoms with E-state index in [0.29, 0.717) is 4.47 Å². The van der Waals surface area contributed by atoms with Crippen molar-refractivity contribution in [2.24, 2.45) is 0 Å². The van der Waals surface area contributed by atoms with Crippen LogP contribution in [0, 0.1) is 5.82 Å². The van der Waals surface area contributed by atoms with E-state index < -0.39 is 0 Å². The molecule has 2 nitrogen and oxygen atoms in total. The summed E-state index contributed by atoms with van der Waals surface area (Å²) in [6.45, 7) is 6.07. The molecule has 0 aliphatic heterocycles. The third kappa shape index (κ3) is 4.46. The maximum absolute atomic E-state index is 13.1. The highest BCUT2D eigenvalue weighted by Gasteiger charge is 2.08. The van der Waals surface area contributed by atoms with Gasteiger partial charge in [0.05, 0.1) is 6.10 Å². The lowest BCUT2D eigenvalue weighted by Gasteiger charge is -2.18. The monoisotopic (exact) mass is 351 g/mol. The number of nitrogens with one attached hydrogen (secondary N) is 1. The molecule has 0 aromatic heterocycles. The topological polar surface area (TPSA) is 21.3 Å². The molecule has 0 aliphatic carbocycles. The molecule has 1 N–H and O–H groups in total. The van der Waals surface area contributed by atoms with Crippen LogP contribution in [0.4, 0.5) is 10.1 Å². The summed E-state index contributed by atoms with van der Waals surface area (Å²) in [5.41, 5.74) is 2.01. The van der Waals surface area contributed by atoms with Gasteiger partial charge >= 0.3 is 0 Å². The zero-order chi connectivity index (χ0) is 15.4. The maximum Gasteiger partial charge on any atom is 0.124 e. The fraction of sp³-hybridized carbons (Fsp3) is 0.294. The minimum absolute atomic E-state index is 0.111. The highest BCUT2D eigenvalue weighted by atomic mass is 79.9. The van der Waals surface area contributed by atoms with Crippen molar-refractivity contribution < 1.29 is 9.13 Å². The minimum atomic E-state index is -0.254. The molecule has 0 heterocycles. The lowest BCUT2D eigenvalue weighted by molar-refractivity contribution is 0.242. The van der Waals surface area contributed by atoms with Crippen LogP contribution in [0.25, 0.3) is 0 Å². The molecule has 0 aliphatic rings. The van der Waals surface area contributed by atoms with Crippen LogP contribution in [0.2, 0.25) is 0 Å². The number of hydrogen-bond acceptors (Lipinski definition) is 2. The molecule has 0 radical (unpaired) electrons. The number of halogens is 2. The summed E-state index contributed by atoms with van der Waals surface area (Å²) < 4.78 is 19.4. The van der Waals surface area contributed by atoms with Gasteiger partial charge in [-0.25, -0.2) is 4.39 Å². The van der Waals surface area contributed by atoms with Crippen molar-refractivity contribution in [3.05, 3.63) is 58.3 Å². The fourth-order valence-electron chi connectivity index (χ4n) is 2.03. The molecule has 0 saturated heterocycles. The van der Waals surface area contributed by atoms with E-state index in [2.05, 4.69) is 28.2 Å². The van der Waals surface area contributed by atoms with Gasteiger partial charge in [-0.15, -0.1) is 0 Å². The van der Waals surface area contributed by atoms with Gasteiger partial charge in [-0.05, 0) is 72.6 Å². The molecule has 1 atom stereocenters. The van der Waals surface area contributed by atoms with Crippen LogP contribution in [0.15, 0.2) is 46.9 Å². The Kier molecular flexibility index (Phi) is 5.23. The zero-order valence-corrected chi connectivity index (χ0v) is 13.9. The second-order valence-corrected chi connectivity index (χ2v) is 6.08. The summed E-state index contributed by atoms with van der Waals surface area (Å²) in [6, 6.07) is 12.7. The van der Waals surface area contributed by atoms with Crippen LogP contribution in [-0.2, 0) is 0 Å². The van der Waals surface area contributed by atoms with Gasteiger partial charge in [0.15, 0.2) is 0 Å². The summed E-state index contributed by atoms with van der Waals surface area (Å²) in [4.78, 5) is 0. The van der Waals surface area contributed by atoms with Crippen LogP contribution >= 0.6 is 15.9 Å². The lowest BCUT2D eigenvalue weighted by Crippen LogP contribution is -2.08. The van der Waals surface area contributed by atoms with Crippen LogP contribution in [0.3, 0.4) is 0 Å². The number of anilines is 1. The molecule has 21 heavy (non-hydrogen) atoms. The Labute approximate surface area is 133 Å². The van der Waals surface area contributed by atoms with E-state index in [1.807, 2.05) is 38.1 Å². The van der Waals surface area contributed by atoms with Crippen molar-refractivity contribution >= 4 is 21.6 Å². The van der Waals surface area contributed by atoms with E-state index >= 15 is 0 Å². The Morgan fingerprint density at radius 1 is 1.05 bits per heavy atom. The molecule has 1 unspecified atom stereocenters. The third-order valence-electron chi connectivity index (χ3n) is 3.06. The van der Waals surface area contributed by atoms with Crippen LogP contribution in [0.1, 0.15) is 32.4 Å². The van der Waals surface area contributed by atoms with Crippen molar-refractivity contribution in [3.63, 3.8) is 0 Å². The maximum atomic E-state index is 13.1. The van der Waals surface area contributed by atoms with E-state index in [-0.39, 0.29) is 18.0 Å². The van der Waals surface area contributed by atoms with Crippen LogP contribution in [-0.4, -0.2) is 6.10 Å². The second kappa shape index (κ2) is 6.94. The Hall–Kier alpha value is -1.55. The number of hydrogen-bond donors (Lipinski definition) is 1. The van der Waals surface area contributed by atoms with Crippen molar-refractivity contribution in [2.45, 2.75) is 32.9 Å². The Morgan fingerprint density at radius 3 is 2.29 bits per heavy atom. The van der Waals surface area contributed by atoms with Gasteiger partial charge in [-0.3, -0.25) is 0 Å². The number of ether oxygens (including phenoxy) is 1. The molecule has 0 fully saturated rings. The number of benzene rings is 2. The molecule has 0 saturated carbocycles.